The van der Waals surface area contributed by atoms with E-state index in [0.717, 1.165) is 5.56 Å². The smallest absolute Gasteiger partial charge is 0.411 e. The number of hydrogen-bond acceptors (Lipinski definition) is 2. The number of amides is 1. The summed E-state index contributed by atoms with van der Waals surface area (Å²) < 4.78 is 5.41. The fraction of sp³-hybridized carbons (Fsp3) is 0.462. The molecule has 98 valence electrons. The molecule has 18 heavy (non-hydrogen) atoms. The number of cyclic esters (lactones) is 1. The van der Waals surface area contributed by atoms with Gasteiger partial charge in [0.25, 0.3) is 0 Å². The zero-order chi connectivity index (χ0) is 13.4. The fourth-order valence-corrected chi connectivity index (χ4v) is 2.89. The van der Waals surface area contributed by atoms with Gasteiger partial charge in [0.1, 0.15) is 6.10 Å². The average molecular weight is 288 g/mol. The van der Waals surface area contributed by atoms with Crippen LogP contribution in [0.15, 0.2) is 18.2 Å². The third-order valence-electron chi connectivity index (χ3n) is 3.09. The summed E-state index contributed by atoms with van der Waals surface area (Å²) in [5.41, 5.74) is 0.830. The number of benzene rings is 1. The Morgan fingerprint density at radius 3 is 2.22 bits per heavy atom. The van der Waals surface area contributed by atoms with Crippen molar-refractivity contribution in [1.82, 2.24) is 4.90 Å². The molecule has 5 heteroatoms. The predicted molar refractivity (Wildman–Crippen MR) is 72.1 cm³/mol. The van der Waals surface area contributed by atoms with Crippen molar-refractivity contribution in [2.75, 3.05) is 0 Å². The highest BCUT2D eigenvalue weighted by Gasteiger charge is 2.41. The van der Waals surface area contributed by atoms with Crippen molar-refractivity contribution < 1.29 is 9.53 Å². The molecule has 1 amide bonds. The normalized spacial score (nSPS) is 23.7. The van der Waals surface area contributed by atoms with E-state index in [0.29, 0.717) is 10.0 Å². The molecule has 1 heterocycles. The topological polar surface area (TPSA) is 29.5 Å². The van der Waals surface area contributed by atoms with Gasteiger partial charge in [-0.05, 0) is 44.5 Å². The maximum absolute atomic E-state index is 11.8. The van der Waals surface area contributed by atoms with Gasteiger partial charge in [-0.15, -0.1) is 0 Å². The monoisotopic (exact) mass is 287 g/mol. The summed E-state index contributed by atoms with van der Waals surface area (Å²) in [5.74, 6) is 0. The van der Waals surface area contributed by atoms with Gasteiger partial charge in [0.15, 0.2) is 0 Å². The molecule has 1 aliphatic heterocycles. The minimum absolute atomic E-state index is 0.0352. The number of carbonyl (C=O) groups is 1. The van der Waals surface area contributed by atoms with Crippen LogP contribution in [0.3, 0.4) is 0 Å². The van der Waals surface area contributed by atoms with E-state index < -0.39 is 0 Å². The minimum Gasteiger partial charge on any atom is -0.439 e. The quantitative estimate of drug-likeness (QED) is 0.812. The molecule has 1 saturated heterocycles. The van der Waals surface area contributed by atoms with Gasteiger partial charge in [-0.1, -0.05) is 23.2 Å². The first kappa shape index (κ1) is 13.5. The van der Waals surface area contributed by atoms with Gasteiger partial charge < -0.3 is 4.74 Å². The zero-order valence-electron chi connectivity index (χ0n) is 10.5. The Morgan fingerprint density at radius 2 is 1.78 bits per heavy atom. The second-order valence-electron chi connectivity index (χ2n) is 4.75. The van der Waals surface area contributed by atoms with Gasteiger partial charge in [0.05, 0.1) is 6.04 Å². The van der Waals surface area contributed by atoms with Crippen molar-refractivity contribution in [3.8, 4) is 0 Å². The minimum atomic E-state index is -0.323. The van der Waals surface area contributed by atoms with Gasteiger partial charge >= 0.3 is 6.09 Å². The Morgan fingerprint density at radius 1 is 1.22 bits per heavy atom. The summed E-state index contributed by atoms with van der Waals surface area (Å²) in [4.78, 5) is 13.5. The molecule has 1 aromatic rings. The maximum Gasteiger partial charge on any atom is 0.411 e. The Balaban J connectivity index is 2.32. The molecule has 1 fully saturated rings. The molecule has 0 N–H and O–H groups in total. The van der Waals surface area contributed by atoms with E-state index in [4.69, 9.17) is 27.9 Å². The lowest BCUT2D eigenvalue weighted by Gasteiger charge is -2.24. The first-order chi connectivity index (χ1) is 8.40. The molecule has 2 atom stereocenters. The summed E-state index contributed by atoms with van der Waals surface area (Å²) in [6.45, 7) is 5.89. The molecule has 0 aromatic heterocycles. The summed E-state index contributed by atoms with van der Waals surface area (Å²) >= 11 is 11.9. The van der Waals surface area contributed by atoms with Crippen molar-refractivity contribution in [3.05, 3.63) is 33.8 Å². The molecule has 0 saturated carbocycles. The average Bonchev–Trinajstić information content (AvgIpc) is 2.52. The Bertz CT molecular complexity index is 456. The number of rotatable bonds is 2. The molecular formula is C13H15Cl2NO2. The van der Waals surface area contributed by atoms with E-state index in [-0.39, 0.29) is 24.3 Å². The predicted octanol–water partition coefficient (Wildman–Crippen LogP) is 4.28. The van der Waals surface area contributed by atoms with Gasteiger partial charge in [0, 0.05) is 16.1 Å². The molecule has 0 radical (unpaired) electrons. The molecular weight excluding hydrogens is 273 g/mol. The van der Waals surface area contributed by atoms with E-state index in [1.165, 1.54) is 0 Å². The molecule has 0 spiro atoms. The molecule has 2 rings (SSSR count). The number of carbonyl (C=O) groups excluding carboxylic acids is 1. The van der Waals surface area contributed by atoms with Crippen LogP contribution in [0.5, 0.6) is 0 Å². The van der Waals surface area contributed by atoms with Crippen molar-refractivity contribution in [2.45, 2.75) is 39.0 Å². The lowest BCUT2D eigenvalue weighted by molar-refractivity contribution is 0.129. The lowest BCUT2D eigenvalue weighted by Crippen LogP contribution is -2.37. The molecule has 1 aromatic carbocycles. The number of ether oxygens (including phenoxy) is 1. The van der Waals surface area contributed by atoms with Crippen LogP contribution in [0.25, 0.3) is 0 Å². The lowest BCUT2D eigenvalue weighted by atomic mass is 10.0. The van der Waals surface area contributed by atoms with Crippen LogP contribution in [-0.2, 0) is 4.74 Å². The Kier molecular flexibility index (Phi) is 3.74. The van der Waals surface area contributed by atoms with Gasteiger partial charge in [-0.3, -0.25) is 4.90 Å². The summed E-state index contributed by atoms with van der Waals surface area (Å²) in [6, 6.07) is 5.30. The zero-order valence-corrected chi connectivity index (χ0v) is 12.0. The summed E-state index contributed by atoms with van der Waals surface area (Å²) in [5, 5.41) is 1.09. The highest BCUT2D eigenvalue weighted by molar-refractivity contribution is 6.34. The number of nitrogens with zero attached hydrogens (tertiary/aromatic N) is 1. The van der Waals surface area contributed by atoms with Crippen LogP contribution in [0.4, 0.5) is 4.79 Å². The van der Waals surface area contributed by atoms with Crippen LogP contribution < -0.4 is 0 Å². The van der Waals surface area contributed by atoms with E-state index in [1.54, 1.807) is 23.1 Å². The molecule has 1 aliphatic rings. The molecule has 3 nitrogen and oxygen atoms in total. The highest BCUT2D eigenvalue weighted by Crippen LogP contribution is 2.35. The van der Waals surface area contributed by atoms with Crippen LogP contribution in [0, 0.1) is 0 Å². The molecule has 0 unspecified atom stereocenters. The van der Waals surface area contributed by atoms with E-state index in [1.807, 2.05) is 20.8 Å². The fourth-order valence-electron chi connectivity index (χ4n) is 2.35. The number of hydrogen-bond donors (Lipinski definition) is 0. The molecule has 0 bridgehead atoms. The van der Waals surface area contributed by atoms with Gasteiger partial charge in [0.2, 0.25) is 0 Å². The standard InChI is InChI=1S/C13H15Cl2NO2/c1-7(2)16-8(3)12(18-13(16)17)9-4-10(14)6-11(15)5-9/h4-8,12H,1-3H3/t8-,12-/m1/s1. The highest BCUT2D eigenvalue weighted by atomic mass is 35.5. The van der Waals surface area contributed by atoms with Crippen molar-refractivity contribution in [1.29, 1.82) is 0 Å². The first-order valence-corrected chi connectivity index (χ1v) is 6.60. The maximum atomic E-state index is 11.8. The van der Waals surface area contributed by atoms with Gasteiger partial charge in [-0.2, -0.15) is 0 Å². The van der Waals surface area contributed by atoms with Crippen molar-refractivity contribution >= 4 is 29.3 Å². The van der Waals surface area contributed by atoms with Crippen LogP contribution in [-0.4, -0.2) is 23.1 Å². The largest absolute Gasteiger partial charge is 0.439 e. The third-order valence-corrected chi connectivity index (χ3v) is 3.52. The first-order valence-electron chi connectivity index (χ1n) is 5.85. The summed E-state index contributed by atoms with van der Waals surface area (Å²) in [6.07, 6.45) is -0.616. The van der Waals surface area contributed by atoms with Crippen LogP contribution in [0.1, 0.15) is 32.4 Å². The summed E-state index contributed by atoms with van der Waals surface area (Å²) in [7, 11) is 0. The Hall–Kier alpha value is -0.930. The Labute approximate surface area is 117 Å². The third kappa shape index (κ3) is 2.43. The second-order valence-corrected chi connectivity index (χ2v) is 5.62. The van der Waals surface area contributed by atoms with Crippen LogP contribution in [0.2, 0.25) is 10.0 Å². The molecule has 0 aliphatic carbocycles. The van der Waals surface area contributed by atoms with Crippen molar-refractivity contribution in [3.63, 3.8) is 0 Å². The van der Waals surface area contributed by atoms with Crippen molar-refractivity contribution in [2.24, 2.45) is 0 Å². The van der Waals surface area contributed by atoms with E-state index in [9.17, 15) is 4.79 Å². The SMILES string of the molecule is CC(C)N1C(=O)O[C@@H](c2cc(Cl)cc(Cl)c2)[C@H]1C. The van der Waals surface area contributed by atoms with E-state index >= 15 is 0 Å². The van der Waals surface area contributed by atoms with Crippen LogP contribution >= 0.6 is 23.2 Å². The van der Waals surface area contributed by atoms with E-state index in [2.05, 4.69) is 0 Å². The second kappa shape index (κ2) is 4.98. The number of halogens is 2. The van der Waals surface area contributed by atoms with Gasteiger partial charge in [-0.25, -0.2) is 4.79 Å².